The maximum Gasteiger partial charge on any atom is 0.145 e. The molecule has 1 aromatic heterocycles. The molecule has 1 aliphatic rings. The first-order valence-corrected chi connectivity index (χ1v) is 6.59. The Kier molecular flexibility index (Phi) is 2.91. The molecular formula is C13H13NO2S. The topological polar surface area (TPSA) is 39.2 Å². The summed E-state index contributed by atoms with van der Waals surface area (Å²) < 4.78 is 6.39. The van der Waals surface area contributed by atoms with Gasteiger partial charge in [-0.2, -0.15) is 0 Å². The van der Waals surface area contributed by atoms with Crippen molar-refractivity contribution in [2.75, 3.05) is 13.2 Å². The zero-order valence-corrected chi connectivity index (χ0v) is 10.2. The van der Waals surface area contributed by atoms with Crippen molar-refractivity contribution in [1.29, 1.82) is 0 Å². The van der Waals surface area contributed by atoms with Gasteiger partial charge in [0.25, 0.3) is 0 Å². The minimum atomic E-state index is 0.0852. The molecule has 0 amide bonds. The molecule has 3 nitrogen and oxygen atoms in total. The molecule has 1 unspecified atom stereocenters. The third-order valence-electron chi connectivity index (χ3n) is 3.05. The lowest BCUT2D eigenvalue weighted by molar-refractivity contribution is -0.122. The largest absolute Gasteiger partial charge is 0.381 e. The monoisotopic (exact) mass is 247 g/mol. The van der Waals surface area contributed by atoms with Crippen LogP contribution in [-0.4, -0.2) is 24.0 Å². The highest BCUT2D eigenvalue weighted by Crippen LogP contribution is 2.23. The molecule has 1 fully saturated rings. The van der Waals surface area contributed by atoms with Gasteiger partial charge in [-0.1, -0.05) is 12.1 Å². The Morgan fingerprint density at radius 3 is 3.12 bits per heavy atom. The summed E-state index contributed by atoms with van der Waals surface area (Å²) >= 11 is 1.61. The number of hydrogen-bond donors (Lipinski definition) is 0. The molecule has 0 saturated carbocycles. The smallest absolute Gasteiger partial charge is 0.145 e. The van der Waals surface area contributed by atoms with Gasteiger partial charge in [0.15, 0.2) is 0 Å². The second-order valence-corrected chi connectivity index (χ2v) is 5.39. The number of ether oxygens (including phenoxy) is 1. The molecule has 1 aromatic carbocycles. The normalized spacial score (nSPS) is 19.9. The maximum atomic E-state index is 12.0. The van der Waals surface area contributed by atoms with E-state index in [2.05, 4.69) is 4.98 Å². The number of carbonyl (C=O) groups excluding carboxylic acids is 1. The summed E-state index contributed by atoms with van der Waals surface area (Å²) in [5.41, 5.74) is 0.989. The fraction of sp³-hybridized carbons (Fsp3) is 0.385. The molecular weight excluding hydrogens is 234 g/mol. The van der Waals surface area contributed by atoms with Crippen LogP contribution in [0.4, 0.5) is 0 Å². The Bertz CT molecular complexity index is 510. The number of thiazole rings is 1. The van der Waals surface area contributed by atoms with Gasteiger partial charge in [0.2, 0.25) is 0 Å². The molecule has 2 aromatic rings. The molecule has 1 aliphatic heterocycles. The molecule has 0 radical (unpaired) electrons. The van der Waals surface area contributed by atoms with Gasteiger partial charge in [-0.05, 0) is 18.6 Å². The van der Waals surface area contributed by atoms with Crippen molar-refractivity contribution in [3.63, 3.8) is 0 Å². The number of rotatable bonds is 3. The van der Waals surface area contributed by atoms with Crippen molar-refractivity contribution in [2.24, 2.45) is 5.92 Å². The number of fused-ring (bicyclic) bond motifs is 1. The van der Waals surface area contributed by atoms with Gasteiger partial charge in [0.05, 0.1) is 23.2 Å². The van der Waals surface area contributed by atoms with Crippen LogP contribution < -0.4 is 0 Å². The summed E-state index contributed by atoms with van der Waals surface area (Å²) in [5.74, 6) is 0.351. The molecule has 88 valence electrons. The number of benzene rings is 1. The van der Waals surface area contributed by atoms with Crippen LogP contribution in [-0.2, 0) is 16.0 Å². The number of Topliss-reactive ketones (excluding diaryl/α,β-unsaturated/α-hetero) is 1. The van der Waals surface area contributed by atoms with E-state index in [1.807, 2.05) is 24.3 Å². The van der Waals surface area contributed by atoms with Gasteiger partial charge in [-0.15, -0.1) is 11.3 Å². The molecule has 2 heterocycles. The summed E-state index contributed by atoms with van der Waals surface area (Å²) in [6.07, 6.45) is 1.32. The molecule has 0 spiro atoms. The van der Waals surface area contributed by atoms with Crippen LogP contribution in [0.25, 0.3) is 10.2 Å². The van der Waals surface area contributed by atoms with E-state index in [1.165, 1.54) is 0 Å². The minimum Gasteiger partial charge on any atom is -0.381 e. The highest BCUT2D eigenvalue weighted by molar-refractivity contribution is 7.18. The van der Waals surface area contributed by atoms with Crippen LogP contribution in [0.1, 0.15) is 11.4 Å². The van der Waals surface area contributed by atoms with Crippen molar-refractivity contribution in [2.45, 2.75) is 12.8 Å². The van der Waals surface area contributed by atoms with Gasteiger partial charge in [0, 0.05) is 12.5 Å². The maximum absolute atomic E-state index is 12.0. The van der Waals surface area contributed by atoms with Crippen molar-refractivity contribution < 1.29 is 9.53 Å². The lowest BCUT2D eigenvalue weighted by Crippen LogP contribution is -2.16. The Balaban J connectivity index is 1.77. The second kappa shape index (κ2) is 4.55. The lowest BCUT2D eigenvalue weighted by atomic mass is 10.0. The summed E-state index contributed by atoms with van der Waals surface area (Å²) in [6, 6.07) is 7.99. The quantitative estimate of drug-likeness (QED) is 0.836. The van der Waals surface area contributed by atoms with Crippen LogP contribution in [0.2, 0.25) is 0 Å². The standard InChI is InChI=1S/C13H13NO2S/c15-11(9-5-6-16-8-9)7-13-14-10-3-1-2-4-12(10)17-13/h1-4,9H,5-8H2. The Hall–Kier alpha value is -1.26. The minimum absolute atomic E-state index is 0.0852. The number of hydrogen-bond acceptors (Lipinski definition) is 4. The summed E-state index contributed by atoms with van der Waals surface area (Å²) in [4.78, 5) is 16.5. The number of carbonyl (C=O) groups is 1. The lowest BCUT2D eigenvalue weighted by Gasteiger charge is -2.03. The van der Waals surface area contributed by atoms with Crippen LogP contribution in [0.15, 0.2) is 24.3 Å². The first-order chi connectivity index (χ1) is 8.33. The molecule has 0 N–H and O–H groups in total. The van der Waals surface area contributed by atoms with E-state index >= 15 is 0 Å². The summed E-state index contributed by atoms with van der Waals surface area (Å²) in [7, 11) is 0. The molecule has 1 atom stereocenters. The van der Waals surface area contributed by atoms with Gasteiger partial charge in [-0.25, -0.2) is 4.98 Å². The van der Waals surface area contributed by atoms with Gasteiger partial charge in [0.1, 0.15) is 10.8 Å². The van der Waals surface area contributed by atoms with Crippen LogP contribution in [0, 0.1) is 5.92 Å². The first kappa shape index (κ1) is 10.9. The Labute approximate surface area is 103 Å². The van der Waals surface area contributed by atoms with E-state index in [1.54, 1.807) is 11.3 Å². The fourth-order valence-corrected chi connectivity index (χ4v) is 3.05. The van der Waals surface area contributed by atoms with Crippen molar-refractivity contribution in [3.05, 3.63) is 29.3 Å². The Morgan fingerprint density at radius 2 is 2.35 bits per heavy atom. The van der Waals surface area contributed by atoms with Crippen LogP contribution in [0.5, 0.6) is 0 Å². The van der Waals surface area contributed by atoms with Crippen molar-refractivity contribution in [1.82, 2.24) is 4.98 Å². The average molecular weight is 247 g/mol. The van der Waals surface area contributed by atoms with E-state index in [-0.39, 0.29) is 11.7 Å². The van der Waals surface area contributed by atoms with E-state index in [0.29, 0.717) is 13.0 Å². The highest BCUT2D eigenvalue weighted by Gasteiger charge is 2.24. The van der Waals surface area contributed by atoms with E-state index in [9.17, 15) is 4.79 Å². The predicted molar refractivity (Wildman–Crippen MR) is 67.3 cm³/mol. The second-order valence-electron chi connectivity index (χ2n) is 4.28. The van der Waals surface area contributed by atoms with E-state index < -0.39 is 0 Å². The number of para-hydroxylation sites is 1. The van der Waals surface area contributed by atoms with Crippen molar-refractivity contribution >= 4 is 27.3 Å². The zero-order chi connectivity index (χ0) is 11.7. The van der Waals surface area contributed by atoms with Gasteiger partial charge in [-0.3, -0.25) is 4.79 Å². The third kappa shape index (κ3) is 2.23. The SMILES string of the molecule is O=C(Cc1nc2ccccc2s1)C1CCOC1. The first-order valence-electron chi connectivity index (χ1n) is 5.78. The van der Waals surface area contributed by atoms with Gasteiger partial charge < -0.3 is 4.74 Å². The number of aromatic nitrogens is 1. The zero-order valence-electron chi connectivity index (χ0n) is 9.39. The molecule has 1 saturated heterocycles. The molecule has 4 heteroatoms. The van der Waals surface area contributed by atoms with Crippen molar-refractivity contribution in [3.8, 4) is 0 Å². The van der Waals surface area contributed by atoms with Crippen LogP contribution in [0.3, 0.4) is 0 Å². The number of ketones is 1. The Morgan fingerprint density at radius 1 is 1.47 bits per heavy atom. The third-order valence-corrected chi connectivity index (χ3v) is 4.09. The predicted octanol–water partition coefficient (Wildman–Crippen LogP) is 2.44. The summed E-state index contributed by atoms with van der Waals surface area (Å²) in [6.45, 7) is 1.31. The fourth-order valence-electron chi connectivity index (χ4n) is 2.08. The average Bonchev–Trinajstić information content (AvgIpc) is 2.97. The molecule has 17 heavy (non-hydrogen) atoms. The van der Waals surface area contributed by atoms with Gasteiger partial charge >= 0.3 is 0 Å². The molecule has 0 aliphatic carbocycles. The number of nitrogens with zero attached hydrogens (tertiary/aromatic N) is 1. The summed E-state index contributed by atoms with van der Waals surface area (Å²) in [5, 5.41) is 0.920. The van der Waals surface area contributed by atoms with Crippen LogP contribution >= 0.6 is 11.3 Å². The van der Waals surface area contributed by atoms with E-state index in [4.69, 9.17) is 4.74 Å². The molecule has 0 bridgehead atoms. The highest BCUT2D eigenvalue weighted by atomic mass is 32.1. The van der Waals surface area contributed by atoms with E-state index in [0.717, 1.165) is 28.3 Å². The molecule has 3 rings (SSSR count).